The Morgan fingerprint density at radius 1 is 1.47 bits per heavy atom. The maximum Gasteiger partial charge on any atom is 0.205 e. The minimum Gasteiger partial charge on any atom is -0.399 e. The number of anilines is 1. The molecule has 0 radical (unpaired) electrons. The first kappa shape index (κ1) is 14.0. The van der Waals surface area contributed by atoms with Crippen LogP contribution in [0.3, 0.4) is 0 Å². The van der Waals surface area contributed by atoms with Crippen molar-refractivity contribution in [1.29, 1.82) is 0 Å². The first-order valence-corrected chi connectivity index (χ1v) is 7.07. The summed E-state index contributed by atoms with van der Waals surface area (Å²) in [6, 6.07) is 6.09. The molecule has 0 aromatic heterocycles. The number of carbonyl (C=O) groups is 1. The van der Waals surface area contributed by atoms with E-state index < -0.39 is 19.8 Å². The molecule has 4 nitrogen and oxygen atoms in total. The second kappa shape index (κ2) is 4.66. The Balaban J connectivity index is 3.23. The number of carbonyl (C=O) groups excluding carboxylic acids is 1. The zero-order valence-electron chi connectivity index (χ0n) is 9.60. The zero-order valence-corrected chi connectivity index (χ0v) is 11.2. The van der Waals surface area contributed by atoms with Crippen molar-refractivity contribution in [1.82, 2.24) is 0 Å². The highest BCUT2D eigenvalue weighted by atomic mass is 35.5. The van der Waals surface area contributed by atoms with Crippen molar-refractivity contribution in [2.24, 2.45) is 0 Å². The molecular weight excluding hydrogens is 262 g/mol. The van der Waals surface area contributed by atoms with Gasteiger partial charge in [0, 0.05) is 17.0 Å². The third-order valence-electron chi connectivity index (χ3n) is 2.52. The Hall–Kier alpha value is -1.07. The van der Waals surface area contributed by atoms with Gasteiger partial charge in [0.15, 0.2) is 15.6 Å². The van der Waals surface area contributed by atoms with E-state index in [2.05, 4.69) is 0 Å². The van der Waals surface area contributed by atoms with Crippen molar-refractivity contribution in [3.8, 4) is 0 Å². The predicted molar refractivity (Wildman–Crippen MR) is 68.9 cm³/mol. The summed E-state index contributed by atoms with van der Waals surface area (Å²) < 4.78 is 21.5. The average Bonchev–Trinajstić information content (AvgIpc) is 2.27. The van der Waals surface area contributed by atoms with Gasteiger partial charge in [0.25, 0.3) is 0 Å². The summed E-state index contributed by atoms with van der Waals surface area (Å²) in [4.78, 5) is 12.1. The smallest absolute Gasteiger partial charge is 0.205 e. The minimum absolute atomic E-state index is 0.193. The predicted octanol–water partition coefficient (Wildman–Crippen LogP) is 1.84. The molecule has 0 bridgehead atoms. The summed E-state index contributed by atoms with van der Waals surface area (Å²) in [5.41, 5.74) is 6.12. The van der Waals surface area contributed by atoms with Gasteiger partial charge in [0.2, 0.25) is 4.21 Å². The number of hydrogen-bond donors (Lipinski definition) is 1. The molecule has 0 heterocycles. The number of rotatable bonds is 4. The van der Waals surface area contributed by atoms with Crippen molar-refractivity contribution >= 4 is 32.9 Å². The highest BCUT2D eigenvalue weighted by Gasteiger charge is 2.43. The number of halogens is 1. The number of alkyl halides is 1. The summed E-state index contributed by atoms with van der Waals surface area (Å²) in [7, 11) is -3.68. The molecule has 0 aliphatic rings. The van der Waals surface area contributed by atoms with Crippen molar-refractivity contribution < 1.29 is 13.2 Å². The lowest BCUT2D eigenvalue weighted by molar-refractivity contribution is 0.0978. The van der Waals surface area contributed by atoms with Crippen LogP contribution < -0.4 is 5.73 Å². The third kappa shape index (κ3) is 2.61. The van der Waals surface area contributed by atoms with Gasteiger partial charge in [0.1, 0.15) is 0 Å². The minimum atomic E-state index is -3.68. The lowest BCUT2D eigenvalue weighted by Gasteiger charge is -2.20. The summed E-state index contributed by atoms with van der Waals surface area (Å²) in [5.74, 6) is -0.852. The molecule has 0 aliphatic carbocycles. The number of benzene rings is 1. The van der Waals surface area contributed by atoms with Crippen LogP contribution in [0, 0.1) is 0 Å². The number of hydrogen-bond acceptors (Lipinski definition) is 4. The molecule has 2 N–H and O–H groups in total. The lowest BCUT2D eigenvalue weighted by atomic mass is 10.1. The Kier molecular flexibility index (Phi) is 3.84. The van der Waals surface area contributed by atoms with E-state index >= 15 is 0 Å². The Morgan fingerprint density at radius 3 is 2.53 bits per heavy atom. The van der Waals surface area contributed by atoms with Gasteiger partial charge in [-0.2, -0.15) is 0 Å². The first-order chi connectivity index (χ1) is 7.72. The van der Waals surface area contributed by atoms with Crippen molar-refractivity contribution in [2.45, 2.75) is 18.1 Å². The van der Waals surface area contributed by atoms with E-state index in [0.717, 1.165) is 0 Å². The van der Waals surface area contributed by atoms with Crippen LogP contribution in [0.25, 0.3) is 0 Å². The third-order valence-corrected chi connectivity index (χ3v) is 5.51. The van der Waals surface area contributed by atoms with Crippen molar-refractivity contribution in [3.05, 3.63) is 29.8 Å². The van der Waals surface area contributed by atoms with E-state index in [9.17, 15) is 13.2 Å². The van der Waals surface area contributed by atoms with E-state index in [1.165, 1.54) is 26.0 Å². The number of nitrogen functional groups attached to an aromatic ring is 1. The van der Waals surface area contributed by atoms with Crippen LogP contribution in [0.2, 0.25) is 0 Å². The van der Waals surface area contributed by atoms with Crippen LogP contribution in [0.15, 0.2) is 24.3 Å². The van der Waals surface area contributed by atoms with Crippen molar-refractivity contribution in [3.63, 3.8) is 0 Å². The maximum atomic E-state index is 12.1. The van der Waals surface area contributed by atoms with Crippen LogP contribution in [0.5, 0.6) is 0 Å². The van der Waals surface area contributed by atoms with Crippen LogP contribution >= 0.6 is 11.6 Å². The van der Waals surface area contributed by atoms with E-state index in [4.69, 9.17) is 17.3 Å². The summed E-state index contributed by atoms with van der Waals surface area (Å²) in [6.07, 6.45) is 0. The van der Waals surface area contributed by atoms with Crippen LogP contribution in [-0.2, 0) is 9.84 Å². The topological polar surface area (TPSA) is 77.2 Å². The molecule has 0 unspecified atom stereocenters. The fourth-order valence-electron chi connectivity index (χ4n) is 1.35. The molecule has 1 aromatic carbocycles. The number of ketones is 1. The maximum absolute atomic E-state index is 12.1. The normalized spacial score (nSPS) is 15.2. The van der Waals surface area contributed by atoms with Crippen molar-refractivity contribution in [2.75, 3.05) is 11.5 Å². The van der Waals surface area contributed by atoms with Gasteiger partial charge < -0.3 is 5.73 Å². The van der Waals surface area contributed by atoms with E-state index in [1.807, 2.05) is 0 Å². The van der Waals surface area contributed by atoms with Gasteiger partial charge in [-0.15, -0.1) is 0 Å². The molecule has 17 heavy (non-hydrogen) atoms. The van der Waals surface area contributed by atoms with Gasteiger partial charge in [-0.05, 0) is 19.1 Å². The SMILES string of the molecule is CCS(=O)(=O)[C@@](C)(Cl)C(=O)c1cccc(N)c1. The quantitative estimate of drug-likeness (QED) is 0.517. The average molecular weight is 276 g/mol. The Morgan fingerprint density at radius 2 is 2.06 bits per heavy atom. The molecule has 0 spiro atoms. The molecule has 1 rings (SSSR count). The molecule has 0 aliphatic heterocycles. The fraction of sp³-hybridized carbons (Fsp3) is 0.364. The summed E-state index contributed by atoms with van der Waals surface area (Å²) >= 11 is 5.89. The first-order valence-electron chi connectivity index (χ1n) is 5.04. The van der Waals surface area contributed by atoms with E-state index in [0.29, 0.717) is 5.69 Å². The number of Topliss-reactive ketones (excluding diaryl/α,β-unsaturated/α-hetero) is 1. The standard InChI is InChI=1S/C11H14ClNO3S/c1-3-17(15,16)11(2,12)10(14)8-5-4-6-9(13)7-8/h4-7H,3,13H2,1-2H3/t11-/m1/s1. The van der Waals surface area contributed by atoms with Gasteiger partial charge in [-0.3, -0.25) is 4.79 Å². The number of sulfone groups is 1. The zero-order chi connectivity index (χ0) is 13.3. The highest BCUT2D eigenvalue weighted by Crippen LogP contribution is 2.28. The van der Waals surface area contributed by atoms with E-state index in [-0.39, 0.29) is 11.3 Å². The second-order valence-corrected chi connectivity index (χ2v) is 7.38. The molecule has 0 amide bonds. The van der Waals surface area contributed by atoms with Gasteiger partial charge in [0.05, 0.1) is 0 Å². The van der Waals surface area contributed by atoms with Gasteiger partial charge in [-0.1, -0.05) is 30.7 Å². The van der Waals surface area contributed by atoms with Crippen LogP contribution in [0.1, 0.15) is 24.2 Å². The largest absolute Gasteiger partial charge is 0.399 e. The van der Waals surface area contributed by atoms with E-state index in [1.54, 1.807) is 12.1 Å². The highest BCUT2D eigenvalue weighted by molar-refractivity contribution is 7.95. The molecule has 0 fully saturated rings. The van der Waals surface area contributed by atoms with Gasteiger partial charge >= 0.3 is 0 Å². The molecule has 0 saturated carbocycles. The van der Waals surface area contributed by atoms with Crippen LogP contribution in [-0.4, -0.2) is 24.2 Å². The lowest BCUT2D eigenvalue weighted by Crippen LogP contribution is -2.39. The molecular formula is C11H14ClNO3S. The Bertz CT molecular complexity index is 537. The molecule has 6 heteroatoms. The molecule has 1 atom stereocenters. The van der Waals surface area contributed by atoms with Gasteiger partial charge in [-0.25, -0.2) is 8.42 Å². The molecule has 94 valence electrons. The summed E-state index contributed by atoms with van der Waals surface area (Å²) in [6.45, 7) is 2.64. The second-order valence-electron chi connectivity index (χ2n) is 3.77. The number of nitrogens with two attached hydrogens (primary N) is 1. The Labute approximate surface area is 106 Å². The molecule has 1 aromatic rings. The summed E-state index contributed by atoms with van der Waals surface area (Å²) in [5, 5.41) is 0. The molecule has 0 saturated heterocycles. The monoisotopic (exact) mass is 275 g/mol. The van der Waals surface area contributed by atoms with Crippen LogP contribution in [0.4, 0.5) is 5.69 Å². The fourth-order valence-corrected chi connectivity index (χ4v) is 2.73.